The maximum atomic E-state index is 5.51. The van der Waals surface area contributed by atoms with E-state index in [4.69, 9.17) is 14.5 Å². The predicted molar refractivity (Wildman–Crippen MR) is 101 cm³/mol. The third kappa shape index (κ3) is 3.64. The Balaban J connectivity index is 1.79. The van der Waals surface area contributed by atoms with E-state index in [0.717, 1.165) is 39.5 Å². The molecule has 8 heteroatoms. The summed E-state index contributed by atoms with van der Waals surface area (Å²) in [7, 11) is 3.28. The van der Waals surface area contributed by atoms with Crippen molar-refractivity contribution in [3.63, 3.8) is 0 Å². The van der Waals surface area contributed by atoms with Gasteiger partial charge in [-0.15, -0.1) is 21.5 Å². The van der Waals surface area contributed by atoms with Gasteiger partial charge in [-0.3, -0.25) is 0 Å². The van der Waals surface area contributed by atoms with Gasteiger partial charge in [-0.25, -0.2) is 4.98 Å². The van der Waals surface area contributed by atoms with Gasteiger partial charge in [0.25, 0.3) is 0 Å². The topological polar surface area (TPSA) is 62.1 Å². The largest absolute Gasteiger partial charge is 0.493 e. The van der Waals surface area contributed by atoms with E-state index in [1.807, 2.05) is 25.1 Å². The third-order valence-electron chi connectivity index (χ3n) is 3.75. The van der Waals surface area contributed by atoms with Gasteiger partial charge in [0.15, 0.2) is 16.7 Å². The molecular weight excluding hydrogens is 356 g/mol. The van der Waals surface area contributed by atoms with E-state index in [1.54, 1.807) is 37.3 Å². The molecule has 0 amide bonds. The van der Waals surface area contributed by atoms with Crippen molar-refractivity contribution in [3.05, 3.63) is 35.1 Å². The molecule has 1 aromatic carbocycles. The zero-order valence-electron chi connectivity index (χ0n) is 14.6. The summed E-state index contributed by atoms with van der Waals surface area (Å²) in [5, 5.41) is 12.3. The third-order valence-corrected chi connectivity index (χ3v) is 5.68. The van der Waals surface area contributed by atoms with E-state index in [-0.39, 0.29) is 0 Å². The smallest absolute Gasteiger partial charge is 0.191 e. The van der Waals surface area contributed by atoms with Gasteiger partial charge in [0.2, 0.25) is 0 Å². The quantitative estimate of drug-likeness (QED) is 0.580. The maximum Gasteiger partial charge on any atom is 0.191 e. The molecule has 0 unspecified atom stereocenters. The summed E-state index contributed by atoms with van der Waals surface area (Å²) < 4.78 is 13.0. The van der Waals surface area contributed by atoms with E-state index in [0.29, 0.717) is 11.5 Å². The maximum absolute atomic E-state index is 5.51. The molecule has 0 atom stereocenters. The fourth-order valence-electron chi connectivity index (χ4n) is 2.52. The zero-order chi connectivity index (χ0) is 17.8. The molecule has 3 rings (SSSR count). The lowest BCUT2D eigenvalue weighted by Gasteiger charge is -2.10. The molecule has 0 N–H and O–H groups in total. The molecule has 0 radical (unpaired) electrons. The van der Waals surface area contributed by atoms with Crippen molar-refractivity contribution in [1.82, 2.24) is 19.7 Å². The molecule has 0 fully saturated rings. The van der Waals surface area contributed by atoms with E-state index < -0.39 is 0 Å². The molecule has 25 heavy (non-hydrogen) atoms. The number of nitrogens with zero attached hydrogens (tertiary/aromatic N) is 4. The molecule has 0 aliphatic heterocycles. The predicted octanol–water partition coefficient (Wildman–Crippen LogP) is 4.04. The fourth-order valence-corrected chi connectivity index (χ4v) is 4.41. The highest BCUT2D eigenvalue weighted by molar-refractivity contribution is 7.98. The lowest BCUT2D eigenvalue weighted by Crippen LogP contribution is -1.99. The number of benzene rings is 1. The van der Waals surface area contributed by atoms with Crippen molar-refractivity contribution in [3.8, 4) is 22.1 Å². The number of thiazole rings is 1. The Morgan fingerprint density at radius 3 is 2.76 bits per heavy atom. The normalized spacial score (nSPS) is 10.9. The number of aryl methyl sites for hydroxylation is 1. The van der Waals surface area contributed by atoms with Crippen LogP contribution in [0.2, 0.25) is 0 Å². The van der Waals surface area contributed by atoms with Crippen molar-refractivity contribution in [2.75, 3.05) is 14.2 Å². The Morgan fingerprint density at radius 1 is 1.20 bits per heavy atom. The first-order chi connectivity index (χ1) is 12.2. The van der Waals surface area contributed by atoms with Crippen LogP contribution < -0.4 is 9.47 Å². The first-order valence-corrected chi connectivity index (χ1v) is 9.72. The fraction of sp³-hybridized carbons (Fsp3) is 0.353. The van der Waals surface area contributed by atoms with Gasteiger partial charge in [0, 0.05) is 17.7 Å². The molecule has 2 heterocycles. The van der Waals surface area contributed by atoms with Crippen LogP contribution in [0.4, 0.5) is 0 Å². The van der Waals surface area contributed by atoms with Gasteiger partial charge < -0.3 is 14.0 Å². The second kappa shape index (κ2) is 7.88. The summed E-state index contributed by atoms with van der Waals surface area (Å²) in [5.74, 6) is 3.10. The zero-order valence-corrected chi connectivity index (χ0v) is 16.3. The van der Waals surface area contributed by atoms with Crippen LogP contribution in [0.15, 0.2) is 28.7 Å². The molecule has 0 saturated heterocycles. The summed E-state index contributed by atoms with van der Waals surface area (Å²) in [6, 6.07) is 5.82. The molecule has 6 nitrogen and oxygen atoms in total. The van der Waals surface area contributed by atoms with Crippen molar-refractivity contribution in [2.24, 2.45) is 0 Å². The van der Waals surface area contributed by atoms with Crippen LogP contribution in [0.1, 0.15) is 18.4 Å². The summed E-state index contributed by atoms with van der Waals surface area (Å²) >= 11 is 3.25. The Labute approximate surface area is 155 Å². The lowest BCUT2D eigenvalue weighted by atomic mass is 10.2. The van der Waals surface area contributed by atoms with Gasteiger partial charge in [-0.05, 0) is 26.0 Å². The van der Waals surface area contributed by atoms with Crippen molar-refractivity contribution in [2.45, 2.75) is 31.3 Å². The number of ether oxygens (including phenoxy) is 2. The molecule has 0 aliphatic rings. The second-order valence-electron chi connectivity index (χ2n) is 5.25. The minimum absolute atomic E-state index is 0.706. The minimum atomic E-state index is 0.706. The Hall–Kier alpha value is -2.06. The van der Waals surface area contributed by atoms with Gasteiger partial charge >= 0.3 is 0 Å². The molecule has 2 aromatic heterocycles. The van der Waals surface area contributed by atoms with E-state index in [9.17, 15) is 0 Å². The van der Waals surface area contributed by atoms with E-state index in [2.05, 4.69) is 27.1 Å². The number of thioether (sulfide) groups is 1. The Bertz CT molecular complexity index is 860. The number of methoxy groups -OCH3 is 2. The molecule has 0 spiro atoms. The molecule has 3 aromatic rings. The van der Waals surface area contributed by atoms with Gasteiger partial charge in [0.1, 0.15) is 10.8 Å². The Morgan fingerprint density at radius 2 is 2.04 bits per heavy atom. The average molecular weight is 377 g/mol. The van der Waals surface area contributed by atoms with Crippen molar-refractivity contribution >= 4 is 23.1 Å². The van der Waals surface area contributed by atoms with Crippen LogP contribution in [-0.4, -0.2) is 34.0 Å². The van der Waals surface area contributed by atoms with Crippen LogP contribution >= 0.6 is 23.1 Å². The monoisotopic (exact) mass is 376 g/mol. The Kier molecular flexibility index (Phi) is 5.60. The molecular formula is C17H20N4O2S2. The van der Waals surface area contributed by atoms with Crippen molar-refractivity contribution < 1.29 is 9.47 Å². The number of hydrogen-bond acceptors (Lipinski definition) is 7. The summed E-state index contributed by atoms with van der Waals surface area (Å²) in [6.45, 7) is 4.93. The molecule has 0 saturated carbocycles. The summed E-state index contributed by atoms with van der Waals surface area (Å²) in [6.07, 6.45) is 0. The molecule has 132 valence electrons. The first kappa shape index (κ1) is 17.8. The lowest BCUT2D eigenvalue weighted by molar-refractivity contribution is 0.356. The number of para-hydroxylation sites is 1. The summed E-state index contributed by atoms with van der Waals surface area (Å²) in [4.78, 5) is 4.75. The van der Waals surface area contributed by atoms with Crippen molar-refractivity contribution in [1.29, 1.82) is 0 Å². The highest BCUT2D eigenvalue weighted by atomic mass is 32.2. The van der Waals surface area contributed by atoms with Crippen LogP contribution in [-0.2, 0) is 12.3 Å². The summed E-state index contributed by atoms with van der Waals surface area (Å²) in [5.41, 5.74) is 1.95. The molecule has 0 aliphatic carbocycles. The minimum Gasteiger partial charge on any atom is -0.493 e. The van der Waals surface area contributed by atoms with E-state index >= 15 is 0 Å². The van der Waals surface area contributed by atoms with Crippen LogP contribution in [0.25, 0.3) is 10.6 Å². The van der Waals surface area contributed by atoms with Crippen LogP contribution in [0.3, 0.4) is 0 Å². The van der Waals surface area contributed by atoms with Gasteiger partial charge in [-0.2, -0.15) is 0 Å². The van der Waals surface area contributed by atoms with Gasteiger partial charge in [-0.1, -0.05) is 17.8 Å². The molecule has 0 bridgehead atoms. The first-order valence-electron chi connectivity index (χ1n) is 7.86. The highest BCUT2D eigenvalue weighted by Gasteiger charge is 2.15. The second-order valence-corrected chi connectivity index (χ2v) is 7.05. The SMILES string of the molecule is CCn1c(C)nnc1SCc1csc(-c2cccc(OC)c2OC)n1. The number of rotatable bonds is 7. The van der Waals surface area contributed by atoms with Gasteiger partial charge in [0.05, 0.1) is 25.5 Å². The van der Waals surface area contributed by atoms with Crippen LogP contribution in [0.5, 0.6) is 11.5 Å². The van der Waals surface area contributed by atoms with E-state index in [1.165, 1.54) is 0 Å². The number of aromatic nitrogens is 4. The highest BCUT2D eigenvalue weighted by Crippen LogP contribution is 2.39. The standard InChI is InChI=1S/C17H20N4O2S2/c1-5-21-11(2)19-20-17(21)25-10-12-9-24-16(18-12)13-7-6-8-14(22-3)15(13)23-4/h6-9H,5,10H2,1-4H3. The average Bonchev–Trinajstić information content (AvgIpc) is 3.25. The van der Waals surface area contributed by atoms with Crippen LogP contribution in [0, 0.1) is 6.92 Å². The number of hydrogen-bond donors (Lipinski definition) is 0.